The van der Waals surface area contributed by atoms with Gasteiger partial charge in [-0.1, -0.05) is 0 Å². The Kier molecular flexibility index (Phi) is 2.08. The van der Waals surface area contributed by atoms with E-state index in [1.54, 1.807) is 11.8 Å². The average Bonchev–Trinajstić information content (AvgIpc) is 1.99. The molecule has 0 aromatic carbocycles. The molecule has 0 radical (unpaired) electrons. The van der Waals surface area contributed by atoms with Gasteiger partial charge in [-0.2, -0.15) is 0 Å². The molecule has 2 heterocycles. The predicted molar refractivity (Wildman–Crippen MR) is 50.5 cm³/mol. The van der Waals surface area contributed by atoms with E-state index in [2.05, 4.69) is 0 Å². The van der Waals surface area contributed by atoms with Crippen molar-refractivity contribution in [3.63, 3.8) is 0 Å². The van der Waals surface area contributed by atoms with Crippen LogP contribution in [-0.4, -0.2) is 40.4 Å². The van der Waals surface area contributed by atoms with E-state index in [9.17, 15) is 9.90 Å². The van der Waals surface area contributed by atoms with Crippen LogP contribution in [0, 0.1) is 5.92 Å². The number of hydrogen-bond acceptors (Lipinski definition) is 3. The highest BCUT2D eigenvalue weighted by Gasteiger charge is 2.56. The molecule has 2 fully saturated rings. The largest absolute Gasteiger partial charge is 0.393 e. The fourth-order valence-corrected chi connectivity index (χ4v) is 2.57. The molecule has 1 amide bonds. The lowest BCUT2D eigenvalue weighted by Gasteiger charge is -2.58. The molecule has 2 rings (SSSR count). The molecule has 14 heavy (non-hydrogen) atoms. The van der Waals surface area contributed by atoms with Crippen molar-refractivity contribution in [1.82, 2.24) is 4.90 Å². The molecule has 0 aliphatic carbocycles. The molecule has 2 aliphatic heterocycles. The molecule has 0 aromatic heterocycles. The molecule has 2 aliphatic rings. The van der Waals surface area contributed by atoms with Gasteiger partial charge in [-0.3, -0.25) is 4.79 Å². The Morgan fingerprint density at radius 3 is 2.86 bits per heavy atom. The fraction of sp³-hybridized carbons (Fsp3) is 0.900. The van der Waals surface area contributed by atoms with Gasteiger partial charge in [0.25, 0.3) is 0 Å². The van der Waals surface area contributed by atoms with Gasteiger partial charge in [0.2, 0.25) is 5.91 Å². The molecule has 4 nitrogen and oxygen atoms in total. The first-order valence-corrected chi connectivity index (χ1v) is 5.10. The van der Waals surface area contributed by atoms with Crippen molar-refractivity contribution in [2.24, 2.45) is 5.92 Å². The van der Waals surface area contributed by atoms with Gasteiger partial charge in [-0.05, 0) is 27.2 Å². The molecule has 0 spiro atoms. The standard InChI is InChI=1S/C10H17NO3/c1-6(12)8-7-4-5-14-10(2,3)11(7)9(8)13/h6-8,12H,4-5H2,1-3H3/t6-,7+,8+/m1/s1. The molecule has 80 valence electrons. The SMILES string of the molecule is C[C@@H](O)[C@@H]1C(=O)N2[C@H]1CCOC2(C)C. The van der Waals surface area contributed by atoms with Crippen LogP contribution in [0.4, 0.5) is 0 Å². The van der Waals surface area contributed by atoms with Gasteiger partial charge in [-0.25, -0.2) is 0 Å². The van der Waals surface area contributed by atoms with Crippen molar-refractivity contribution in [1.29, 1.82) is 0 Å². The number of fused-ring (bicyclic) bond motifs is 1. The van der Waals surface area contributed by atoms with E-state index in [1.165, 1.54) is 0 Å². The van der Waals surface area contributed by atoms with Crippen LogP contribution in [0.3, 0.4) is 0 Å². The van der Waals surface area contributed by atoms with Gasteiger partial charge in [0.15, 0.2) is 0 Å². The smallest absolute Gasteiger partial charge is 0.232 e. The van der Waals surface area contributed by atoms with Crippen LogP contribution in [-0.2, 0) is 9.53 Å². The second-order valence-corrected chi connectivity index (χ2v) is 4.63. The van der Waals surface area contributed by atoms with Gasteiger partial charge >= 0.3 is 0 Å². The van der Waals surface area contributed by atoms with Crippen LogP contribution < -0.4 is 0 Å². The summed E-state index contributed by atoms with van der Waals surface area (Å²) in [7, 11) is 0. The van der Waals surface area contributed by atoms with Crippen LogP contribution in [0.1, 0.15) is 27.2 Å². The quantitative estimate of drug-likeness (QED) is 0.620. The Hall–Kier alpha value is -0.610. The van der Waals surface area contributed by atoms with Gasteiger partial charge in [0.1, 0.15) is 5.72 Å². The second-order valence-electron chi connectivity index (χ2n) is 4.63. The number of carbonyl (C=O) groups excluding carboxylic acids is 1. The number of rotatable bonds is 1. The van der Waals surface area contributed by atoms with Crippen molar-refractivity contribution in [3.8, 4) is 0 Å². The summed E-state index contributed by atoms with van der Waals surface area (Å²) in [5, 5.41) is 9.46. The normalized spacial score (nSPS) is 37.4. The molecule has 0 unspecified atom stereocenters. The summed E-state index contributed by atoms with van der Waals surface area (Å²) in [6, 6.07) is 0.172. The van der Waals surface area contributed by atoms with Gasteiger partial charge in [0, 0.05) is 0 Å². The Morgan fingerprint density at radius 2 is 2.29 bits per heavy atom. The second kappa shape index (κ2) is 2.94. The molecular weight excluding hydrogens is 182 g/mol. The summed E-state index contributed by atoms with van der Waals surface area (Å²) in [5.74, 6) is -0.187. The summed E-state index contributed by atoms with van der Waals surface area (Å²) >= 11 is 0. The van der Waals surface area contributed by atoms with Crippen LogP contribution >= 0.6 is 0 Å². The van der Waals surface area contributed by atoms with Gasteiger partial charge in [0.05, 0.1) is 24.7 Å². The maximum absolute atomic E-state index is 11.7. The van der Waals surface area contributed by atoms with Crippen LogP contribution in [0.15, 0.2) is 0 Å². The highest BCUT2D eigenvalue weighted by atomic mass is 16.5. The summed E-state index contributed by atoms with van der Waals surface area (Å²) in [6.45, 7) is 6.15. The average molecular weight is 199 g/mol. The molecule has 0 saturated carbocycles. The monoisotopic (exact) mass is 199 g/mol. The maximum atomic E-state index is 11.7. The fourth-order valence-electron chi connectivity index (χ4n) is 2.57. The number of nitrogens with zero attached hydrogens (tertiary/aromatic N) is 1. The predicted octanol–water partition coefficient (Wildman–Crippen LogP) is 0.351. The molecule has 0 bridgehead atoms. The Morgan fingerprint density at radius 1 is 1.64 bits per heavy atom. The summed E-state index contributed by atoms with van der Waals surface area (Å²) in [6.07, 6.45) is 0.294. The molecule has 4 heteroatoms. The van der Waals surface area contributed by atoms with E-state index < -0.39 is 11.8 Å². The van der Waals surface area contributed by atoms with Crippen LogP contribution in [0.2, 0.25) is 0 Å². The van der Waals surface area contributed by atoms with Gasteiger partial charge < -0.3 is 14.7 Å². The third kappa shape index (κ3) is 1.17. The first-order chi connectivity index (χ1) is 6.45. The van der Waals surface area contributed by atoms with Crippen molar-refractivity contribution < 1.29 is 14.6 Å². The van der Waals surface area contributed by atoms with E-state index in [0.29, 0.717) is 6.61 Å². The maximum Gasteiger partial charge on any atom is 0.232 e. The molecular formula is C10H17NO3. The summed E-state index contributed by atoms with van der Waals surface area (Å²) < 4.78 is 5.52. The van der Waals surface area contributed by atoms with Gasteiger partial charge in [-0.15, -0.1) is 0 Å². The lowest BCUT2D eigenvalue weighted by atomic mass is 9.79. The van der Waals surface area contributed by atoms with Crippen LogP contribution in [0.25, 0.3) is 0 Å². The molecule has 3 atom stereocenters. The minimum absolute atomic E-state index is 0.0229. The first kappa shape index (κ1) is 9.93. The first-order valence-electron chi connectivity index (χ1n) is 5.10. The Balaban J connectivity index is 2.17. The minimum atomic E-state index is -0.544. The van der Waals surface area contributed by atoms with Crippen molar-refractivity contribution in [3.05, 3.63) is 0 Å². The van der Waals surface area contributed by atoms with E-state index in [-0.39, 0.29) is 17.9 Å². The number of carbonyl (C=O) groups is 1. The zero-order valence-electron chi connectivity index (χ0n) is 8.86. The third-order valence-corrected chi connectivity index (χ3v) is 3.24. The zero-order valence-corrected chi connectivity index (χ0v) is 8.86. The number of hydrogen-bond donors (Lipinski definition) is 1. The number of amides is 1. The summed E-state index contributed by atoms with van der Waals surface area (Å²) in [4.78, 5) is 13.5. The highest BCUT2D eigenvalue weighted by Crippen LogP contribution is 2.41. The lowest BCUT2D eigenvalue weighted by molar-refractivity contribution is -0.240. The van der Waals surface area contributed by atoms with E-state index in [0.717, 1.165) is 6.42 Å². The molecule has 0 aromatic rings. The lowest BCUT2D eigenvalue weighted by Crippen LogP contribution is -2.73. The van der Waals surface area contributed by atoms with Crippen molar-refractivity contribution in [2.75, 3.05) is 6.61 Å². The highest BCUT2D eigenvalue weighted by molar-refractivity contribution is 5.87. The van der Waals surface area contributed by atoms with Crippen LogP contribution in [0.5, 0.6) is 0 Å². The third-order valence-electron chi connectivity index (χ3n) is 3.24. The number of ether oxygens (including phenoxy) is 1. The Bertz CT molecular complexity index is 262. The number of β-lactam (4-membered cyclic amide) rings is 1. The number of aliphatic hydroxyl groups excluding tert-OH is 1. The number of aliphatic hydroxyl groups is 1. The molecule has 1 N–H and O–H groups in total. The van der Waals surface area contributed by atoms with Crippen molar-refractivity contribution >= 4 is 5.91 Å². The Labute approximate surface area is 83.8 Å². The zero-order chi connectivity index (χ0) is 10.5. The topological polar surface area (TPSA) is 49.8 Å². The van der Waals surface area contributed by atoms with E-state index in [4.69, 9.17) is 4.74 Å². The van der Waals surface area contributed by atoms with E-state index in [1.807, 2.05) is 13.8 Å². The molecule has 2 saturated heterocycles. The van der Waals surface area contributed by atoms with E-state index >= 15 is 0 Å². The summed E-state index contributed by atoms with van der Waals surface area (Å²) in [5.41, 5.74) is -0.495. The minimum Gasteiger partial charge on any atom is -0.393 e. The van der Waals surface area contributed by atoms with Crippen molar-refractivity contribution in [2.45, 2.75) is 45.1 Å².